The molecule has 7 nitrogen and oxygen atoms in total. The second-order valence-corrected chi connectivity index (χ2v) is 4.87. The second kappa shape index (κ2) is 9.58. The number of methoxy groups -OCH3 is 2. The third-order valence-corrected chi connectivity index (χ3v) is 3.21. The van der Waals surface area contributed by atoms with Gasteiger partial charge >= 0.3 is 5.97 Å². The third kappa shape index (κ3) is 6.48. The van der Waals surface area contributed by atoms with Crippen molar-refractivity contribution in [1.82, 2.24) is 4.90 Å². The van der Waals surface area contributed by atoms with Crippen LogP contribution in [0.3, 0.4) is 0 Å². The molecule has 0 aromatic heterocycles. The van der Waals surface area contributed by atoms with Gasteiger partial charge in [-0.3, -0.25) is 9.59 Å². The maximum atomic E-state index is 11.9. The quantitative estimate of drug-likeness (QED) is 0.729. The standard InChI is InChI=1S/C16H22N2O5/c1-12(19)18(10-11-22-2)9-8-15(20)17-14-6-4-13(5-7-14)16(21)23-3/h4-7H,8-11H2,1-3H3,(H,17,20). The predicted octanol–water partition coefficient (Wildman–Crippen LogP) is 1.30. The Hall–Kier alpha value is -2.41. The monoisotopic (exact) mass is 322 g/mol. The molecule has 126 valence electrons. The zero-order valence-corrected chi connectivity index (χ0v) is 13.6. The fourth-order valence-corrected chi connectivity index (χ4v) is 1.90. The zero-order valence-electron chi connectivity index (χ0n) is 13.6. The van der Waals surface area contributed by atoms with Gasteiger partial charge < -0.3 is 19.7 Å². The maximum Gasteiger partial charge on any atom is 0.337 e. The van der Waals surface area contributed by atoms with Gasteiger partial charge in [0.2, 0.25) is 11.8 Å². The molecular weight excluding hydrogens is 300 g/mol. The van der Waals surface area contributed by atoms with E-state index in [0.29, 0.717) is 30.9 Å². The van der Waals surface area contributed by atoms with E-state index in [-0.39, 0.29) is 18.2 Å². The molecule has 0 radical (unpaired) electrons. The molecule has 0 aliphatic heterocycles. The Morgan fingerprint density at radius 2 is 1.74 bits per heavy atom. The Labute approximate surface area is 135 Å². The van der Waals surface area contributed by atoms with Crippen molar-refractivity contribution in [3.8, 4) is 0 Å². The van der Waals surface area contributed by atoms with Crippen molar-refractivity contribution in [3.63, 3.8) is 0 Å². The minimum Gasteiger partial charge on any atom is -0.465 e. The van der Waals surface area contributed by atoms with E-state index < -0.39 is 5.97 Å². The molecule has 0 atom stereocenters. The summed E-state index contributed by atoms with van der Waals surface area (Å²) < 4.78 is 9.54. The number of benzene rings is 1. The van der Waals surface area contributed by atoms with Crippen LogP contribution < -0.4 is 5.32 Å². The van der Waals surface area contributed by atoms with Crippen molar-refractivity contribution < 1.29 is 23.9 Å². The highest BCUT2D eigenvalue weighted by molar-refractivity contribution is 5.93. The topological polar surface area (TPSA) is 84.9 Å². The predicted molar refractivity (Wildman–Crippen MR) is 85.2 cm³/mol. The van der Waals surface area contributed by atoms with E-state index in [9.17, 15) is 14.4 Å². The third-order valence-electron chi connectivity index (χ3n) is 3.21. The van der Waals surface area contributed by atoms with Crippen LogP contribution in [0.5, 0.6) is 0 Å². The number of hydrogen-bond donors (Lipinski definition) is 1. The van der Waals surface area contributed by atoms with E-state index in [1.165, 1.54) is 14.0 Å². The summed E-state index contributed by atoms with van der Waals surface area (Å²) in [7, 11) is 2.87. The van der Waals surface area contributed by atoms with Gasteiger partial charge in [0.15, 0.2) is 0 Å². The SMILES string of the molecule is COCCN(CCC(=O)Nc1ccc(C(=O)OC)cc1)C(C)=O. The van der Waals surface area contributed by atoms with Crippen LogP contribution in [0.2, 0.25) is 0 Å². The van der Waals surface area contributed by atoms with Crippen LogP contribution in [-0.4, -0.2) is 56.6 Å². The van der Waals surface area contributed by atoms with Crippen molar-refractivity contribution in [2.75, 3.05) is 39.2 Å². The van der Waals surface area contributed by atoms with E-state index in [1.54, 1.807) is 36.3 Å². The number of rotatable bonds is 8. The number of carbonyl (C=O) groups is 3. The highest BCUT2D eigenvalue weighted by atomic mass is 16.5. The molecule has 1 rings (SSSR count). The van der Waals surface area contributed by atoms with E-state index in [2.05, 4.69) is 10.1 Å². The first-order chi connectivity index (χ1) is 11.0. The van der Waals surface area contributed by atoms with Crippen molar-refractivity contribution in [1.29, 1.82) is 0 Å². The average Bonchev–Trinajstić information content (AvgIpc) is 2.54. The summed E-state index contributed by atoms with van der Waals surface area (Å²) in [6.07, 6.45) is 0.183. The van der Waals surface area contributed by atoms with Crippen LogP contribution in [0.25, 0.3) is 0 Å². The number of nitrogens with one attached hydrogen (secondary N) is 1. The molecule has 0 spiro atoms. The lowest BCUT2D eigenvalue weighted by Gasteiger charge is -2.20. The molecule has 2 amide bonds. The molecule has 0 fully saturated rings. The van der Waals surface area contributed by atoms with E-state index in [1.807, 2.05) is 0 Å². The lowest BCUT2D eigenvalue weighted by atomic mass is 10.2. The molecule has 0 heterocycles. The number of anilines is 1. The Morgan fingerprint density at radius 3 is 2.26 bits per heavy atom. The lowest BCUT2D eigenvalue weighted by molar-refractivity contribution is -0.130. The van der Waals surface area contributed by atoms with Gasteiger partial charge in [-0.25, -0.2) is 4.79 Å². The molecule has 0 bridgehead atoms. The zero-order chi connectivity index (χ0) is 17.2. The normalized spacial score (nSPS) is 10.0. The fraction of sp³-hybridized carbons (Fsp3) is 0.438. The highest BCUT2D eigenvalue weighted by Crippen LogP contribution is 2.11. The van der Waals surface area contributed by atoms with Crippen molar-refractivity contribution >= 4 is 23.5 Å². The Bertz CT molecular complexity index is 542. The summed E-state index contributed by atoms with van der Waals surface area (Å²) in [5.74, 6) is -0.741. The molecule has 0 aliphatic rings. The number of amides is 2. The number of ether oxygens (including phenoxy) is 2. The first-order valence-corrected chi connectivity index (χ1v) is 7.20. The second-order valence-electron chi connectivity index (χ2n) is 4.87. The van der Waals surface area contributed by atoms with E-state index in [4.69, 9.17) is 4.74 Å². The van der Waals surface area contributed by atoms with Crippen LogP contribution in [0.1, 0.15) is 23.7 Å². The van der Waals surface area contributed by atoms with Crippen molar-refractivity contribution in [2.24, 2.45) is 0 Å². The van der Waals surface area contributed by atoms with Gasteiger partial charge in [0, 0.05) is 39.2 Å². The van der Waals surface area contributed by atoms with Crippen molar-refractivity contribution in [3.05, 3.63) is 29.8 Å². The minimum atomic E-state index is -0.432. The summed E-state index contributed by atoms with van der Waals surface area (Å²) >= 11 is 0. The smallest absolute Gasteiger partial charge is 0.337 e. The molecular formula is C16H22N2O5. The van der Waals surface area contributed by atoms with Crippen LogP contribution in [0.15, 0.2) is 24.3 Å². The highest BCUT2D eigenvalue weighted by Gasteiger charge is 2.11. The summed E-state index contributed by atoms with van der Waals surface area (Å²) in [5.41, 5.74) is 0.988. The van der Waals surface area contributed by atoms with Crippen LogP contribution in [0, 0.1) is 0 Å². The summed E-state index contributed by atoms with van der Waals surface area (Å²) in [6, 6.07) is 6.39. The largest absolute Gasteiger partial charge is 0.465 e. The van der Waals surface area contributed by atoms with Crippen molar-refractivity contribution in [2.45, 2.75) is 13.3 Å². The van der Waals surface area contributed by atoms with Gasteiger partial charge in [-0.05, 0) is 24.3 Å². The number of carbonyl (C=O) groups excluding carboxylic acids is 3. The molecule has 1 aromatic rings. The van der Waals surface area contributed by atoms with Gasteiger partial charge in [0.1, 0.15) is 0 Å². The number of esters is 1. The van der Waals surface area contributed by atoms with E-state index in [0.717, 1.165) is 0 Å². The lowest BCUT2D eigenvalue weighted by Crippen LogP contribution is -2.34. The summed E-state index contributed by atoms with van der Waals surface area (Å²) in [4.78, 5) is 36.2. The van der Waals surface area contributed by atoms with Crippen LogP contribution in [-0.2, 0) is 19.1 Å². The first kappa shape index (κ1) is 18.6. The molecule has 0 unspecified atom stereocenters. The Balaban J connectivity index is 2.49. The van der Waals surface area contributed by atoms with Crippen LogP contribution >= 0.6 is 0 Å². The minimum absolute atomic E-state index is 0.0997. The molecule has 0 saturated carbocycles. The number of nitrogens with zero attached hydrogens (tertiary/aromatic N) is 1. The van der Waals surface area contributed by atoms with E-state index >= 15 is 0 Å². The van der Waals surface area contributed by atoms with Crippen LogP contribution in [0.4, 0.5) is 5.69 Å². The molecule has 7 heteroatoms. The molecule has 1 N–H and O–H groups in total. The van der Waals surface area contributed by atoms with Gasteiger partial charge in [0.25, 0.3) is 0 Å². The van der Waals surface area contributed by atoms with Gasteiger partial charge in [-0.15, -0.1) is 0 Å². The Morgan fingerprint density at radius 1 is 1.09 bits per heavy atom. The van der Waals surface area contributed by atoms with Gasteiger partial charge in [-0.1, -0.05) is 0 Å². The fourth-order valence-electron chi connectivity index (χ4n) is 1.90. The van der Waals surface area contributed by atoms with Gasteiger partial charge in [0.05, 0.1) is 19.3 Å². The summed E-state index contributed by atoms with van der Waals surface area (Å²) in [6.45, 7) is 2.66. The Kier molecular flexibility index (Phi) is 7.76. The average molecular weight is 322 g/mol. The van der Waals surface area contributed by atoms with Gasteiger partial charge in [-0.2, -0.15) is 0 Å². The summed E-state index contributed by atoms with van der Waals surface area (Å²) in [5, 5.41) is 2.72. The maximum absolute atomic E-state index is 11.9. The molecule has 1 aromatic carbocycles. The molecule has 23 heavy (non-hydrogen) atoms. The molecule has 0 saturated heterocycles. The molecule has 0 aliphatic carbocycles. The number of hydrogen-bond acceptors (Lipinski definition) is 5. The first-order valence-electron chi connectivity index (χ1n) is 7.20.